The van der Waals surface area contributed by atoms with Crippen molar-refractivity contribution in [1.29, 1.82) is 0 Å². The predicted octanol–water partition coefficient (Wildman–Crippen LogP) is 1.76. The third kappa shape index (κ3) is 10.3. The molecule has 0 radical (unpaired) electrons. The fraction of sp³-hybridized carbons (Fsp3) is 0.882. The van der Waals surface area contributed by atoms with Crippen LogP contribution >= 0.6 is 24.0 Å². The fourth-order valence-corrected chi connectivity index (χ4v) is 2.62. The fourth-order valence-electron chi connectivity index (χ4n) is 2.62. The summed E-state index contributed by atoms with van der Waals surface area (Å²) in [5, 5.41) is 6.46. The average molecular weight is 453 g/mol. The highest BCUT2D eigenvalue weighted by atomic mass is 127. The second-order valence-electron chi connectivity index (χ2n) is 6.60. The van der Waals surface area contributed by atoms with Crippen molar-refractivity contribution < 1.29 is 4.79 Å². The molecular formula is C17H36IN5O. The Bertz CT molecular complexity index is 368. The van der Waals surface area contributed by atoms with Crippen LogP contribution in [0.5, 0.6) is 0 Å². The van der Waals surface area contributed by atoms with E-state index in [9.17, 15) is 4.79 Å². The largest absolute Gasteiger partial charge is 0.357 e. The lowest BCUT2D eigenvalue weighted by atomic mass is 9.99. The minimum Gasteiger partial charge on any atom is -0.357 e. The molecule has 1 saturated heterocycles. The highest BCUT2D eigenvalue weighted by Gasteiger charge is 2.14. The van der Waals surface area contributed by atoms with Crippen molar-refractivity contribution in [3.63, 3.8) is 0 Å². The molecule has 0 aromatic carbocycles. The quantitative estimate of drug-likeness (QED) is 0.255. The van der Waals surface area contributed by atoms with Gasteiger partial charge < -0.3 is 20.4 Å². The van der Waals surface area contributed by atoms with Gasteiger partial charge in [0.05, 0.1) is 0 Å². The van der Waals surface area contributed by atoms with Crippen molar-refractivity contribution in [2.75, 3.05) is 53.4 Å². The molecular weight excluding hydrogens is 417 g/mol. The Morgan fingerprint density at radius 1 is 1.25 bits per heavy atom. The molecule has 0 atom stereocenters. The van der Waals surface area contributed by atoms with Crippen molar-refractivity contribution in [2.24, 2.45) is 10.9 Å². The van der Waals surface area contributed by atoms with Crippen molar-refractivity contribution in [3.8, 4) is 0 Å². The van der Waals surface area contributed by atoms with Gasteiger partial charge in [-0.3, -0.25) is 9.79 Å². The van der Waals surface area contributed by atoms with Gasteiger partial charge in [0.2, 0.25) is 5.91 Å². The molecule has 0 saturated carbocycles. The number of nitrogens with zero attached hydrogens (tertiary/aromatic N) is 3. The first-order chi connectivity index (χ1) is 11.0. The van der Waals surface area contributed by atoms with E-state index in [-0.39, 0.29) is 29.9 Å². The van der Waals surface area contributed by atoms with Gasteiger partial charge in [0.1, 0.15) is 0 Å². The van der Waals surface area contributed by atoms with Crippen LogP contribution in [0.1, 0.15) is 39.5 Å². The molecule has 0 aromatic heterocycles. The molecule has 0 bridgehead atoms. The Morgan fingerprint density at radius 3 is 2.50 bits per heavy atom. The van der Waals surface area contributed by atoms with E-state index in [1.807, 2.05) is 0 Å². The molecule has 0 unspecified atom stereocenters. The van der Waals surface area contributed by atoms with Crippen LogP contribution < -0.4 is 10.6 Å². The van der Waals surface area contributed by atoms with Gasteiger partial charge in [0, 0.05) is 40.2 Å². The van der Waals surface area contributed by atoms with Crippen LogP contribution in [-0.2, 0) is 4.79 Å². The third-order valence-corrected chi connectivity index (χ3v) is 4.25. The van der Waals surface area contributed by atoms with Gasteiger partial charge in [-0.15, -0.1) is 24.0 Å². The molecule has 0 aliphatic carbocycles. The van der Waals surface area contributed by atoms with Gasteiger partial charge in [-0.2, -0.15) is 0 Å². The summed E-state index contributed by atoms with van der Waals surface area (Å²) >= 11 is 0. The lowest BCUT2D eigenvalue weighted by molar-refractivity contribution is -0.128. The van der Waals surface area contributed by atoms with E-state index in [2.05, 4.69) is 34.4 Å². The maximum absolute atomic E-state index is 11.6. The Balaban J connectivity index is 0.00000529. The van der Waals surface area contributed by atoms with Crippen LogP contribution in [0, 0.1) is 5.92 Å². The van der Waals surface area contributed by atoms with Gasteiger partial charge in [-0.05, 0) is 51.7 Å². The van der Waals surface area contributed by atoms with Gasteiger partial charge in [-0.25, -0.2) is 0 Å². The van der Waals surface area contributed by atoms with Crippen LogP contribution in [0.2, 0.25) is 0 Å². The number of halogens is 1. The van der Waals surface area contributed by atoms with Gasteiger partial charge in [-0.1, -0.05) is 6.92 Å². The minimum atomic E-state index is 0. The lowest BCUT2D eigenvalue weighted by Crippen LogP contribution is -2.39. The monoisotopic (exact) mass is 453 g/mol. The van der Waals surface area contributed by atoms with E-state index in [0.717, 1.165) is 37.9 Å². The smallest absolute Gasteiger partial charge is 0.223 e. The van der Waals surface area contributed by atoms with E-state index < -0.39 is 0 Å². The molecule has 1 amide bonds. The second-order valence-corrected chi connectivity index (χ2v) is 6.60. The number of carbonyl (C=O) groups is 1. The summed E-state index contributed by atoms with van der Waals surface area (Å²) in [6.07, 6.45) is 4.23. The zero-order valence-corrected chi connectivity index (χ0v) is 18.1. The molecule has 1 aliphatic heterocycles. The highest BCUT2D eigenvalue weighted by Crippen LogP contribution is 2.15. The average Bonchev–Trinajstić information content (AvgIpc) is 2.52. The predicted molar refractivity (Wildman–Crippen MR) is 112 cm³/mol. The van der Waals surface area contributed by atoms with E-state index in [1.54, 1.807) is 19.0 Å². The molecule has 1 fully saturated rings. The third-order valence-electron chi connectivity index (χ3n) is 4.25. The summed E-state index contributed by atoms with van der Waals surface area (Å²) in [5.74, 6) is 1.83. The first kappa shape index (κ1) is 23.4. The van der Waals surface area contributed by atoms with Crippen LogP contribution in [0.3, 0.4) is 0 Å². The van der Waals surface area contributed by atoms with Gasteiger partial charge in [0.25, 0.3) is 0 Å². The Labute approximate surface area is 164 Å². The van der Waals surface area contributed by atoms with Gasteiger partial charge in [0.15, 0.2) is 5.96 Å². The van der Waals surface area contributed by atoms with Crippen LogP contribution in [0.4, 0.5) is 0 Å². The number of aliphatic imine (C=N–C) groups is 1. The van der Waals surface area contributed by atoms with Crippen molar-refractivity contribution in [3.05, 3.63) is 0 Å². The van der Waals surface area contributed by atoms with Crippen molar-refractivity contribution >= 4 is 35.8 Å². The van der Waals surface area contributed by atoms with Crippen molar-refractivity contribution in [1.82, 2.24) is 20.4 Å². The SMILES string of the molecule is CCNC(=NCCCN1CCC(C)CC1)NCCC(=O)N(C)C.I. The molecule has 1 aliphatic rings. The van der Waals surface area contributed by atoms with E-state index in [0.29, 0.717) is 13.0 Å². The number of rotatable bonds is 8. The number of piperidine rings is 1. The summed E-state index contributed by atoms with van der Waals surface area (Å²) in [4.78, 5) is 20.3. The second kappa shape index (κ2) is 13.7. The number of hydrogen-bond donors (Lipinski definition) is 2. The number of hydrogen-bond acceptors (Lipinski definition) is 3. The Kier molecular flexibility index (Phi) is 13.4. The molecule has 7 heteroatoms. The molecule has 2 N–H and O–H groups in total. The summed E-state index contributed by atoms with van der Waals surface area (Å²) in [6.45, 7) is 10.3. The van der Waals surface area contributed by atoms with E-state index in [1.165, 1.54) is 25.9 Å². The molecule has 0 aromatic rings. The molecule has 24 heavy (non-hydrogen) atoms. The first-order valence-corrected chi connectivity index (χ1v) is 8.97. The number of likely N-dealkylation sites (tertiary alicyclic amines) is 1. The Hall–Kier alpha value is -0.570. The molecule has 1 heterocycles. The van der Waals surface area contributed by atoms with Gasteiger partial charge >= 0.3 is 0 Å². The summed E-state index contributed by atoms with van der Waals surface area (Å²) in [6, 6.07) is 0. The zero-order valence-electron chi connectivity index (χ0n) is 15.8. The number of nitrogens with one attached hydrogen (secondary N) is 2. The highest BCUT2D eigenvalue weighted by molar-refractivity contribution is 14.0. The lowest BCUT2D eigenvalue weighted by Gasteiger charge is -2.29. The van der Waals surface area contributed by atoms with Crippen LogP contribution in [-0.4, -0.2) is 75.0 Å². The summed E-state index contributed by atoms with van der Waals surface area (Å²) in [7, 11) is 3.56. The van der Waals surface area contributed by atoms with Crippen LogP contribution in [0.15, 0.2) is 4.99 Å². The number of guanidine groups is 1. The molecule has 142 valence electrons. The van der Waals surface area contributed by atoms with E-state index >= 15 is 0 Å². The van der Waals surface area contributed by atoms with E-state index in [4.69, 9.17) is 0 Å². The maximum atomic E-state index is 11.6. The molecule has 6 nitrogen and oxygen atoms in total. The minimum absolute atomic E-state index is 0. The molecule has 1 rings (SSSR count). The number of carbonyl (C=O) groups excluding carboxylic acids is 1. The summed E-state index contributed by atoms with van der Waals surface area (Å²) in [5.41, 5.74) is 0. The first-order valence-electron chi connectivity index (χ1n) is 8.97. The summed E-state index contributed by atoms with van der Waals surface area (Å²) < 4.78 is 0. The topological polar surface area (TPSA) is 60.0 Å². The zero-order chi connectivity index (χ0) is 17.1. The molecule has 0 spiro atoms. The maximum Gasteiger partial charge on any atom is 0.223 e. The van der Waals surface area contributed by atoms with Crippen LogP contribution in [0.25, 0.3) is 0 Å². The number of amides is 1. The normalized spacial score (nSPS) is 16.4. The standard InChI is InChI=1S/C17H35N5O.HI/c1-5-18-17(20-11-7-16(23)21(3)4)19-10-6-12-22-13-8-15(2)9-14-22;/h15H,5-14H2,1-4H3,(H2,18,19,20);1H. The van der Waals surface area contributed by atoms with Crippen molar-refractivity contribution in [2.45, 2.75) is 39.5 Å². The Morgan fingerprint density at radius 2 is 1.92 bits per heavy atom.